The quantitative estimate of drug-likeness (QED) is 0.356. The van der Waals surface area contributed by atoms with E-state index in [0.29, 0.717) is 24.4 Å². The summed E-state index contributed by atoms with van der Waals surface area (Å²) in [5.41, 5.74) is 4.62. The average Bonchev–Trinajstić information content (AvgIpc) is 3.38. The monoisotopic (exact) mass is 487 g/mol. The maximum Gasteiger partial charge on any atom is 0.255 e. The third-order valence-corrected chi connectivity index (χ3v) is 6.12. The second kappa shape index (κ2) is 11.5. The summed E-state index contributed by atoms with van der Waals surface area (Å²) in [5, 5.41) is 10.1. The lowest BCUT2D eigenvalue weighted by atomic mass is 9.93. The second-order valence-electron chi connectivity index (χ2n) is 8.38. The van der Waals surface area contributed by atoms with Crippen LogP contribution in [0.4, 0.5) is 0 Å². The molecule has 0 aliphatic heterocycles. The van der Waals surface area contributed by atoms with Gasteiger partial charge in [0.25, 0.3) is 11.5 Å². The molecular weight excluding hydrogens is 458 g/mol. The summed E-state index contributed by atoms with van der Waals surface area (Å²) in [4.78, 5) is 29.5. The first kappa shape index (κ1) is 24.9. The van der Waals surface area contributed by atoms with Crippen LogP contribution < -0.4 is 15.6 Å². The largest absolute Gasteiger partial charge is 0.496 e. The minimum Gasteiger partial charge on any atom is -0.496 e. The zero-order valence-corrected chi connectivity index (χ0v) is 20.5. The molecule has 186 valence electrons. The molecule has 9 heteroatoms. The second-order valence-corrected chi connectivity index (χ2v) is 8.38. The van der Waals surface area contributed by atoms with E-state index in [1.807, 2.05) is 37.3 Å². The van der Waals surface area contributed by atoms with Crippen molar-refractivity contribution in [2.75, 3.05) is 20.8 Å². The van der Waals surface area contributed by atoms with Crippen LogP contribution in [0.15, 0.2) is 71.9 Å². The zero-order chi connectivity index (χ0) is 25.5. The van der Waals surface area contributed by atoms with Crippen molar-refractivity contribution in [3.05, 3.63) is 111 Å². The van der Waals surface area contributed by atoms with Gasteiger partial charge in [0.1, 0.15) is 5.75 Å². The number of benzene rings is 1. The van der Waals surface area contributed by atoms with E-state index in [9.17, 15) is 9.59 Å². The van der Waals surface area contributed by atoms with Crippen molar-refractivity contribution in [3.63, 3.8) is 0 Å². The number of ether oxygens (including phenoxy) is 2. The highest BCUT2D eigenvalue weighted by atomic mass is 16.5. The Kier molecular flexibility index (Phi) is 7.92. The predicted molar refractivity (Wildman–Crippen MR) is 135 cm³/mol. The van der Waals surface area contributed by atoms with Crippen molar-refractivity contribution in [2.45, 2.75) is 25.9 Å². The first-order valence-corrected chi connectivity index (χ1v) is 11.5. The summed E-state index contributed by atoms with van der Waals surface area (Å²) in [6, 6.07) is 14.8. The summed E-state index contributed by atoms with van der Waals surface area (Å²) in [6.45, 7) is 3.00. The molecule has 0 aliphatic carbocycles. The van der Waals surface area contributed by atoms with E-state index in [4.69, 9.17) is 9.47 Å². The molecule has 0 spiro atoms. The molecule has 2 N–H and O–H groups in total. The van der Waals surface area contributed by atoms with Crippen molar-refractivity contribution >= 4 is 5.91 Å². The van der Waals surface area contributed by atoms with Gasteiger partial charge in [-0.15, -0.1) is 0 Å². The standard InChI is InChI=1S/C27H29N5O4/c1-18-23(28-12-11-24(18)36-3)15-29-27(34)21-14-30-31-26(21)22(17-35-2)20-9-7-19(8-10-20)16-32-13-5-4-6-25(32)33/h4-14,22H,15-17H2,1-3H3,(H,29,34)(H,30,31). The van der Waals surface area contributed by atoms with Gasteiger partial charge >= 0.3 is 0 Å². The number of rotatable bonds is 10. The van der Waals surface area contributed by atoms with E-state index in [1.54, 1.807) is 49.4 Å². The number of amides is 1. The maximum atomic E-state index is 13.1. The van der Waals surface area contributed by atoms with Crippen molar-refractivity contribution in [1.82, 2.24) is 25.1 Å². The number of methoxy groups -OCH3 is 2. The molecule has 3 aromatic heterocycles. The van der Waals surface area contributed by atoms with E-state index in [1.165, 1.54) is 6.20 Å². The van der Waals surface area contributed by atoms with Gasteiger partial charge in [-0.25, -0.2) is 0 Å². The van der Waals surface area contributed by atoms with Gasteiger partial charge in [-0.05, 0) is 30.2 Å². The number of hydrogen-bond donors (Lipinski definition) is 2. The highest BCUT2D eigenvalue weighted by Gasteiger charge is 2.23. The lowest BCUT2D eigenvalue weighted by Gasteiger charge is -2.18. The number of carbonyl (C=O) groups is 1. The van der Waals surface area contributed by atoms with Crippen LogP contribution >= 0.6 is 0 Å². The normalized spacial score (nSPS) is 11.8. The molecule has 0 bridgehead atoms. The molecule has 0 fully saturated rings. The Morgan fingerprint density at radius 1 is 1.14 bits per heavy atom. The summed E-state index contributed by atoms with van der Waals surface area (Å²) in [7, 11) is 3.23. The molecule has 0 radical (unpaired) electrons. The van der Waals surface area contributed by atoms with Crippen LogP contribution in [-0.4, -0.2) is 46.5 Å². The number of carbonyl (C=O) groups excluding carboxylic acids is 1. The van der Waals surface area contributed by atoms with E-state index in [2.05, 4.69) is 20.5 Å². The van der Waals surface area contributed by atoms with E-state index >= 15 is 0 Å². The van der Waals surface area contributed by atoms with Gasteiger partial charge < -0.3 is 19.4 Å². The lowest BCUT2D eigenvalue weighted by Crippen LogP contribution is -2.25. The summed E-state index contributed by atoms with van der Waals surface area (Å²) in [6.07, 6.45) is 4.94. The van der Waals surface area contributed by atoms with Crippen molar-refractivity contribution in [1.29, 1.82) is 0 Å². The third-order valence-electron chi connectivity index (χ3n) is 6.12. The van der Waals surface area contributed by atoms with Crippen LogP contribution in [0.2, 0.25) is 0 Å². The number of nitrogens with zero attached hydrogens (tertiary/aromatic N) is 3. The Morgan fingerprint density at radius 3 is 2.67 bits per heavy atom. The third kappa shape index (κ3) is 5.52. The molecule has 0 saturated heterocycles. The predicted octanol–water partition coefficient (Wildman–Crippen LogP) is 3.04. The molecule has 1 atom stereocenters. The summed E-state index contributed by atoms with van der Waals surface area (Å²) >= 11 is 0. The van der Waals surface area contributed by atoms with Gasteiger partial charge in [0, 0.05) is 37.1 Å². The van der Waals surface area contributed by atoms with Crippen LogP contribution in [0, 0.1) is 6.92 Å². The Morgan fingerprint density at radius 2 is 1.94 bits per heavy atom. The molecule has 1 aromatic carbocycles. The number of hydrogen-bond acceptors (Lipinski definition) is 6. The van der Waals surface area contributed by atoms with Gasteiger partial charge in [-0.3, -0.25) is 19.7 Å². The molecule has 9 nitrogen and oxygen atoms in total. The van der Waals surface area contributed by atoms with Crippen LogP contribution in [0.25, 0.3) is 0 Å². The molecule has 4 rings (SSSR count). The smallest absolute Gasteiger partial charge is 0.255 e. The van der Waals surface area contributed by atoms with Crippen LogP contribution in [0.3, 0.4) is 0 Å². The number of nitrogens with one attached hydrogen (secondary N) is 2. The number of pyridine rings is 2. The maximum absolute atomic E-state index is 13.1. The number of aromatic nitrogens is 4. The Balaban J connectivity index is 1.52. The van der Waals surface area contributed by atoms with Gasteiger partial charge in [0.05, 0.1) is 50.0 Å². The van der Waals surface area contributed by atoms with Crippen LogP contribution in [-0.2, 0) is 17.8 Å². The Bertz CT molecular complexity index is 1380. The number of aromatic amines is 1. The van der Waals surface area contributed by atoms with Gasteiger partial charge in [-0.1, -0.05) is 30.3 Å². The molecule has 36 heavy (non-hydrogen) atoms. The molecule has 1 unspecified atom stereocenters. The van der Waals surface area contributed by atoms with E-state index in [-0.39, 0.29) is 23.9 Å². The Hall–Kier alpha value is -4.24. The average molecular weight is 488 g/mol. The fourth-order valence-corrected chi connectivity index (χ4v) is 4.12. The first-order valence-electron chi connectivity index (χ1n) is 11.5. The highest BCUT2D eigenvalue weighted by Crippen LogP contribution is 2.27. The van der Waals surface area contributed by atoms with Crippen LogP contribution in [0.5, 0.6) is 5.75 Å². The molecule has 3 heterocycles. The fourth-order valence-electron chi connectivity index (χ4n) is 4.12. The minimum absolute atomic E-state index is 0.0497. The molecule has 0 saturated carbocycles. The van der Waals surface area contributed by atoms with Gasteiger partial charge in [0.2, 0.25) is 0 Å². The highest BCUT2D eigenvalue weighted by molar-refractivity contribution is 5.95. The SMILES string of the molecule is COCC(c1ccc(Cn2ccccc2=O)cc1)c1[nH]ncc1C(=O)NCc1nccc(OC)c1C. The first-order chi connectivity index (χ1) is 17.5. The van der Waals surface area contributed by atoms with E-state index < -0.39 is 0 Å². The van der Waals surface area contributed by atoms with Crippen LogP contribution in [0.1, 0.15) is 44.4 Å². The zero-order valence-electron chi connectivity index (χ0n) is 20.5. The van der Waals surface area contributed by atoms with E-state index in [0.717, 1.165) is 28.1 Å². The summed E-state index contributed by atoms with van der Waals surface area (Å²) < 4.78 is 12.5. The molecule has 1 amide bonds. The summed E-state index contributed by atoms with van der Waals surface area (Å²) in [5.74, 6) is 0.228. The fraction of sp³-hybridized carbons (Fsp3) is 0.259. The molecule has 4 aromatic rings. The van der Waals surface area contributed by atoms with Crippen molar-refractivity contribution < 1.29 is 14.3 Å². The van der Waals surface area contributed by atoms with Crippen molar-refractivity contribution in [2.24, 2.45) is 0 Å². The minimum atomic E-state index is -0.260. The number of H-pyrrole nitrogens is 1. The van der Waals surface area contributed by atoms with Gasteiger partial charge in [-0.2, -0.15) is 5.10 Å². The Labute approximate surface area is 209 Å². The molecule has 0 aliphatic rings. The topological polar surface area (TPSA) is 111 Å². The van der Waals surface area contributed by atoms with Gasteiger partial charge in [0.15, 0.2) is 0 Å². The lowest BCUT2D eigenvalue weighted by molar-refractivity contribution is 0.0948. The molecular formula is C27H29N5O4. The van der Waals surface area contributed by atoms with Crippen molar-refractivity contribution in [3.8, 4) is 5.75 Å².